The Balaban J connectivity index is 2.36. The van der Waals surface area contributed by atoms with Gasteiger partial charge >= 0.3 is 0 Å². The summed E-state index contributed by atoms with van der Waals surface area (Å²) in [4.78, 5) is 4.14. The molecule has 0 saturated heterocycles. The Kier molecular flexibility index (Phi) is 3.68. The standard InChI is InChI=1S/C14H21N3O/c1-14(2,6-7-15)13(16-3)10-4-5-11-12(8-10)18-9-17-11/h4-5,8-9,13,16H,6-7,15H2,1-3H3. The van der Waals surface area contributed by atoms with Gasteiger partial charge in [0, 0.05) is 6.04 Å². The average Bonchev–Trinajstić information content (AvgIpc) is 2.76. The molecule has 0 spiro atoms. The minimum Gasteiger partial charge on any atom is -0.443 e. The summed E-state index contributed by atoms with van der Waals surface area (Å²) in [6, 6.07) is 6.40. The van der Waals surface area contributed by atoms with Crippen molar-refractivity contribution in [3.05, 3.63) is 30.2 Å². The fourth-order valence-electron chi connectivity index (χ4n) is 2.58. The quantitative estimate of drug-likeness (QED) is 0.852. The highest BCUT2D eigenvalue weighted by atomic mass is 16.3. The molecule has 0 radical (unpaired) electrons. The monoisotopic (exact) mass is 247 g/mol. The molecule has 0 aliphatic carbocycles. The second-order valence-corrected chi connectivity index (χ2v) is 5.33. The van der Waals surface area contributed by atoms with Crippen molar-refractivity contribution in [2.45, 2.75) is 26.3 Å². The molecule has 0 saturated carbocycles. The molecular weight excluding hydrogens is 226 g/mol. The van der Waals surface area contributed by atoms with Crippen LogP contribution in [0.5, 0.6) is 0 Å². The van der Waals surface area contributed by atoms with Crippen molar-refractivity contribution >= 4 is 11.1 Å². The zero-order chi connectivity index (χ0) is 13.2. The van der Waals surface area contributed by atoms with Crippen LogP contribution < -0.4 is 11.1 Å². The van der Waals surface area contributed by atoms with Gasteiger partial charge in [-0.3, -0.25) is 0 Å². The third kappa shape index (κ3) is 2.40. The molecule has 2 aromatic rings. The highest BCUT2D eigenvalue weighted by Crippen LogP contribution is 2.36. The van der Waals surface area contributed by atoms with Gasteiger partial charge in [-0.25, -0.2) is 4.98 Å². The highest BCUT2D eigenvalue weighted by Gasteiger charge is 2.29. The minimum absolute atomic E-state index is 0.0944. The summed E-state index contributed by atoms with van der Waals surface area (Å²) in [7, 11) is 1.98. The SMILES string of the molecule is CNC(c1ccc2ncoc2c1)C(C)(C)CCN. The molecule has 18 heavy (non-hydrogen) atoms. The molecule has 0 amide bonds. The second kappa shape index (κ2) is 5.08. The third-order valence-corrected chi connectivity index (χ3v) is 3.55. The Labute approximate surface area is 108 Å². The smallest absolute Gasteiger partial charge is 0.181 e. The molecule has 98 valence electrons. The summed E-state index contributed by atoms with van der Waals surface area (Å²) in [6.45, 7) is 5.15. The summed E-state index contributed by atoms with van der Waals surface area (Å²) in [5, 5.41) is 3.38. The lowest BCUT2D eigenvalue weighted by Gasteiger charge is -2.34. The van der Waals surface area contributed by atoms with E-state index in [9.17, 15) is 0 Å². The number of hydrogen-bond acceptors (Lipinski definition) is 4. The van der Waals surface area contributed by atoms with E-state index in [0.29, 0.717) is 6.54 Å². The Morgan fingerprint density at radius 3 is 2.89 bits per heavy atom. The van der Waals surface area contributed by atoms with Gasteiger partial charge in [0.1, 0.15) is 5.52 Å². The Hall–Kier alpha value is -1.39. The van der Waals surface area contributed by atoms with Crippen molar-refractivity contribution in [2.24, 2.45) is 11.1 Å². The van der Waals surface area contributed by atoms with Gasteiger partial charge in [-0.05, 0) is 43.1 Å². The lowest BCUT2D eigenvalue weighted by Crippen LogP contribution is -2.33. The van der Waals surface area contributed by atoms with Crippen molar-refractivity contribution in [1.29, 1.82) is 0 Å². The van der Waals surface area contributed by atoms with Gasteiger partial charge in [-0.15, -0.1) is 0 Å². The van der Waals surface area contributed by atoms with Crippen LogP contribution in [0.3, 0.4) is 0 Å². The predicted molar refractivity (Wildman–Crippen MR) is 73.3 cm³/mol. The van der Waals surface area contributed by atoms with Crippen LogP contribution in [0, 0.1) is 5.41 Å². The van der Waals surface area contributed by atoms with Crippen molar-refractivity contribution in [2.75, 3.05) is 13.6 Å². The number of oxazole rings is 1. The van der Waals surface area contributed by atoms with Gasteiger partial charge in [0.2, 0.25) is 0 Å². The molecule has 2 rings (SSSR count). The highest BCUT2D eigenvalue weighted by molar-refractivity contribution is 5.72. The number of fused-ring (bicyclic) bond motifs is 1. The molecule has 1 aromatic carbocycles. The third-order valence-electron chi connectivity index (χ3n) is 3.55. The summed E-state index contributed by atoms with van der Waals surface area (Å²) in [5.41, 5.74) is 8.73. The van der Waals surface area contributed by atoms with Gasteiger partial charge in [-0.1, -0.05) is 19.9 Å². The predicted octanol–water partition coefficient (Wildman–Crippen LogP) is 2.46. The summed E-state index contributed by atoms with van der Waals surface area (Å²) >= 11 is 0. The van der Waals surface area contributed by atoms with Crippen LogP contribution in [0.15, 0.2) is 29.0 Å². The molecule has 0 aliphatic heterocycles. The molecule has 0 bridgehead atoms. The zero-order valence-electron chi connectivity index (χ0n) is 11.2. The molecule has 1 unspecified atom stereocenters. The van der Waals surface area contributed by atoms with Gasteiger partial charge in [0.25, 0.3) is 0 Å². The van der Waals surface area contributed by atoms with Crippen LogP contribution >= 0.6 is 0 Å². The van der Waals surface area contributed by atoms with Crippen molar-refractivity contribution in [3.8, 4) is 0 Å². The Morgan fingerprint density at radius 2 is 2.22 bits per heavy atom. The maximum atomic E-state index is 5.70. The van der Waals surface area contributed by atoms with E-state index in [4.69, 9.17) is 10.2 Å². The first-order valence-electron chi connectivity index (χ1n) is 6.29. The van der Waals surface area contributed by atoms with Crippen LogP contribution in [-0.2, 0) is 0 Å². The van der Waals surface area contributed by atoms with Gasteiger partial charge in [-0.2, -0.15) is 0 Å². The Morgan fingerprint density at radius 1 is 1.44 bits per heavy atom. The molecule has 4 nitrogen and oxygen atoms in total. The van der Waals surface area contributed by atoms with Crippen LogP contribution in [0.4, 0.5) is 0 Å². The molecule has 1 aromatic heterocycles. The molecule has 0 fully saturated rings. The fourth-order valence-corrected chi connectivity index (χ4v) is 2.58. The summed E-state index contributed by atoms with van der Waals surface area (Å²) in [5.74, 6) is 0. The molecule has 0 aliphatic rings. The van der Waals surface area contributed by atoms with Crippen molar-refractivity contribution < 1.29 is 4.42 Å². The second-order valence-electron chi connectivity index (χ2n) is 5.33. The number of nitrogens with one attached hydrogen (secondary N) is 1. The van der Waals surface area contributed by atoms with E-state index in [2.05, 4.69) is 36.3 Å². The zero-order valence-corrected chi connectivity index (χ0v) is 11.2. The summed E-state index contributed by atoms with van der Waals surface area (Å²) < 4.78 is 5.36. The largest absolute Gasteiger partial charge is 0.443 e. The number of rotatable bonds is 5. The maximum Gasteiger partial charge on any atom is 0.181 e. The normalized spacial score (nSPS) is 14.0. The Bertz CT molecular complexity index is 518. The fraction of sp³-hybridized carbons (Fsp3) is 0.500. The summed E-state index contributed by atoms with van der Waals surface area (Å²) in [6.07, 6.45) is 2.45. The number of aromatic nitrogens is 1. The van der Waals surface area contributed by atoms with Gasteiger partial charge in [0.05, 0.1) is 0 Å². The van der Waals surface area contributed by atoms with Crippen molar-refractivity contribution in [3.63, 3.8) is 0 Å². The van der Waals surface area contributed by atoms with Gasteiger partial charge in [0.15, 0.2) is 12.0 Å². The first kappa shape index (κ1) is 13.1. The first-order valence-corrected chi connectivity index (χ1v) is 6.29. The lowest BCUT2D eigenvalue weighted by atomic mass is 9.78. The van der Waals surface area contributed by atoms with E-state index in [1.807, 2.05) is 13.1 Å². The maximum absolute atomic E-state index is 5.70. The number of nitrogens with zero attached hydrogens (tertiary/aromatic N) is 1. The number of benzene rings is 1. The van der Waals surface area contributed by atoms with Crippen LogP contribution in [0.2, 0.25) is 0 Å². The molecular formula is C14H21N3O. The van der Waals surface area contributed by atoms with Crippen LogP contribution in [-0.4, -0.2) is 18.6 Å². The van der Waals surface area contributed by atoms with E-state index in [-0.39, 0.29) is 11.5 Å². The molecule has 1 atom stereocenters. The van der Waals surface area contributed by atoms with Crippen LogP contribution in [0.25, 0.3) is 11.1 Å². The van der Waals surface area contributed by atoms with E-state index < -0.39 is 0 Å². The van der Waals surface area contributed by atoms with Crippen LogP contribution in [0.1, 0.15) is 31.9 Å². The van der Waals surface area contributed by atoms with E-state index >= 15 is 0 Å². The molecule has 1 heterocycles. The topological polar surface area (TPSA) is 64.1 Å². The number of hydrogen-bond donors (Lipinski definition) is 2. The first-order chi connectivity index (χ1) is 8.58. The van der Waals surface area contributed by atoms with E-state index in [1.165, 1.54) is 12.0 Å². The van der Waals surface area contributed by atoms with Crippen molar-refractivity contribution in [1.82, 2.24) is 10.3 Å². The van der Waals surface area contributed by atoms with E-state index in [0.717, 1.165) is 17.5 Å². The molecule has 3 N–H and O–H groups in total. The molecule has 4 heteroatoms. The lowest BCUT2D eigenvalue weighted by molar-refractivity contribution is 0.239. The van der Waals surface area contributed by atoms with Gasteiger partial charge < -0.3 is 15.5 Å². The average molecular weight is 247 g/mol. The van der Waals surface area contributed by atoms with E-state index in [1.54, 1.807) is 0 Å². The number of nitrogens with two attached hydrogens (primary N) is 1. The minimum atomic E-state index is 0.0944.